The van der Waals surface area contributed by atoms with Crippen molar-refractivity contribution in [1.29, 1.82) is 0 Å². The minimum atomic E-state index is -1.49. The van der Waals surface area contributed by atoms with Crippen LogP contribution < -0.4 is 0 Å². The molecule has 0 saturated carbocycles. The van der Waals surface area contributed by atoms with Crippen molar-refractivity contribution in [2.45, 2.75) is 24.7 Å². The Morgan fingerprint density at radius 3 is 2.67 bits per heavy atom. The molecule has 4 nitrogen and oxygen atoms in total. The van der Waals surface area contributed by atoms with Crippen LogP contribution >= 0.6 is 0 Å². The first-order valence-corrected chi connectivity index (χ1v) is 3.70. The second-order valence-corrected chi connectivity index (χ2v) is 2.67. The summed E-state index contributed by atoms with van der Waals surface area (Å²) in [6.45, 7) is 0.218. The molecular weight excluding hydrogens is 167 g/mol. The van der Waals surface area contributed by atoms with Crippen LogP contribution in [0.15, 0.2) is 0 Å². The second-order valence-electron chi connectivity index (χ2n) is 2.67. The first-order chi connectivity index (χ1) is 5.70. The zero-order chi connectivity index (χ0) is 9.14. The van der Waals surface area contributed by atoms with Crippen LogP contribution in [-0.4, -0.2) is 50.6 Å². The molecule has 72 valence electrons. The Bertz CT molecular complexity index is 143. The highest BCUT2D eigenvalue weighted by molar-refractivity contribution is 4.87. The van der Waals surface area contributed by atoms with Crippen LogP contribution in [-0.2, 0) is 14.2 Å². The van der Waals surface area contributed by atoms with E-state index in [9.17, 15) is 4.39 Å². The maximum Gasteiger partial charge on any atom is 0.189 e. The van der Waals surface area contributed by atoms with Crippen molar-refractivity contribution in [3.8, 4) is 0 Å². The Balaban J connectivity index is 2.52. The molecule has 12 heavy (non-hydrogen) atoms. The topological polar surface area (TPSA) is 47.9 Å². The fourth-order valence-corrected chi connectivity index (χ4v) is 1.28. The zero-order valence-electron chi connectivity index (χ0n) is 7.07. The summed E-state index contributed by atoms with van der Waals surface area (Å²) in [7, 11) is 2.86. The van der Waals surface area contributed by atoms with Crippen LogP contribution in [0, 0.1) is 0 Å². The summed E-state index contributed by atoms with van der Waals surface area (Å²) >= 11 is 0. The van der Waals surface area contributed by atoms with E-state index in [4.69, 9.17) is 19.3 Å². The number of hydrogen-bond donors (Lipinski definition) is 1. The quantitative estimate of drug-likeness (QED) is 0.648. The van der Waals surface area contributed by atoms with Gasteiger partial charge in [0.15, 0.2) is 12.5 Å². The third-order valence-corrected chi connectivity index (χ3v) is 1.87. The van der Waals surface area contributed by atoms with Gasteiger partial charge < -0.3 is 19.3 Å². The van der Waals surface area contributed by atoms with Crippen LogP contribution in [0.1, 0.15) is 0 Å². The molecule has 1 aliphatic rings. The second kappa shape index (κ2) is 4.13. The molecule has 0 radical (unpaired) electrons. The number of aliphatic hydroxyl groups excluding tert-OH is 1. The molecule has 0 aliphatic carbocycles. The van der Waals surface area contributed by atoms with Crippen molar-refractivity contribution in [3.05, 3.63) is 0 Å². The van der Waals surface area contributed by atoms with Crippen LogP contribution in [0.5, 0.6) is 0 Å². The lowest BCUT2D eigenvalue weighted by atomic mass is 10.2. The normalized spacial score (nSPS) is 42.0. The molecule has 0 aromatic heterocycles. The van der Waals surface area contributed by atoms with E-state index in [2.05, 4.69) is 0 Å². The van der Waals surface area contributed by atoms with Gasteiger partial charge in [-0.15, -0.1) is 0 Å². The lowest BCUT2D eigenvalue weighted by Gasteiger charge is -2.15. The number of aliphatic hydroxyl groups is 1. The SMILES string of the molecule is COC[C@@H]1O[C@H](O)C(F)C1OC. The molecule has 5 heteroatoms. The standard InChI is InChI=1S/C7H13FO4/c1-10-3-4-6(11-2)5(8)7(9)12-4/h4-7,9H,3H2,1-2H3/t4-,5?,6?,7-/m0/s1. The molecule has 0 aromatic carbocycles. The van der Waals surface area contributed by atoms with E-state index in [-0.39, 0.29) is 6.61 Å². The molecule has 0 spiro atoms. The van der Waals surface area contributed by atoms with E-state index in [0.717, 1.165) is 0 Å². The van der Waals surface area contributed by atoms with E-state index < -0.39 is 24.7 Å². The van der Waals surface area contributed by atoms with Gasteiger partial charge in [0.25, 0.3) is 0 Å². The van der Waals surface area contributed by atoms with Crippen LogP contribution in [0.25, 0.3) is 0 Å². The molecule has 1 rings (SSSR count). The monoisotopic (exact) mass is 180 g/mol. The number of ether oxygens (including phenoxy) is 3. The predicted molar refractivity (Wildman–Crippen MR) is 38.4 cm³/mol. The van der Waals surface area contributed by atoms with Crippen LogP contribution in [0.4, 0.5) is 4.39 Å². The van der Waals surface area contributed by atoms with Crippen molar-refractivity contribution in [3.63, 3.8) is 0 Å². The van der Waals surface area contributed by atoms with Gasteiger partial charge in [-0.1, -0.05) is 0 Å². The molecule has 1 saturated heterocycles. The summed E-state index contributed by atoms with van der Waals surface area (Å²) in [6.07, 6.45) is -4.14. The smallest absolute Gasteiger partial charge is 0.189 e. The van der Waals surface area contributed by atoms with Crippen molar-refractivity contribution in [2.75, 3.05) is 20.8 Å². The molecule has 0 bridgehead atoms. The summed E-state index contributed by atoms with van der Waals surface area (Å²) in [6, 6.07) is 0. The van der Waals surface area contributed by atoms with Gasteiger partial charge in [0.2, 0.25) is 0 Å². The van der Waals surface area contributed by atoms with Crippen molar-refractivity contribution in [2.24, 2.45) is 0 Å². The molecule has 4 atom stereocenters. The first kappa shape index (κ1) is 9.85. The van der Waals surface area contributed by atoms with Crippen molar-refractivity contribution >= 4 is 0 Å². The molecule has 0 aromatic rings. The van der Waals surface area contributed by atoms with Gasteiger partial charge in [-0.2, -0.15) is 0 Å². The van der Waals surface area contributed by atoms with Gasteiger partial charge in [-0.05, 0) is 0 Å². The Hall–Kier alpha value is -0.230. The predicted octanol–water partition coefficient (Wildman–Crippen LogP) is -0.297. The molecule has 1 heterocycles. The number of halogens is 1. The van der Waals surface area contributed by atoms with Crippen molar-refractivity contribution < 1.29 is 23.7 Å². The number of alkyl halides is 1. The average Bonchev–Trinajstić information content (AvgIpc) is 2.29. The third-order valence-electron chi connectivity index (χ3n) is 1.87. The molecule has 1 fully saturated rings. The Morgan fingerprint density at radius 2 is 2.17 bits per heavy atom. The van der Waals surface area contributed by atoms with E-state index in [1.165, 1.54) is 14.2 Å². The molecule has 1 N–H and O–H groups in total. The number of rotatable bonds is 3. The minimum Gasteiger partial charge on any atom is -0.382 e. The zero-order valence-corrected chi connectivity index (χ0v) is 7.07. The Kier molecular flexibility index (Phi) is 3.39. The lowest BCUT2D eigenvalue weighted by Crippen LogP contribution is -2.33. The largest absolute Gasteiger partial charge is 0.382 e. The fourth-order valence-electron chi connectivity index (χ4n) is 1.28. The lowest BCUT2D eigenvalue weighted by molar-refractivity contribution is -0.124. The molecule has 2 unspecified atom stereocenters. The van der Waals surface area contributed by atoms with Gasteiger partial charge in [0, 0.05) is 14.2 Å². The number of hydrogen-bond acceptors (Lipinski definition) is 4. The molecule has 1 aliphatic heterocycles. The third kappa shape index (κ3) is 1.74. The van der Waals surface area contributed by atoms with Gasteiger partial charge >= 0.3 is 0 Å². The highest BCUT2D eigenvalue weighted by Gasteiger charge is 2.44. The highest BCUT2D eigenvalue weighted by atomic mass is 19.1. The van der Waals surface area contributed by atoms with E-state index in [1.54, 1.807) is 0 Å². The summed E-state index contributed by atoms with van der Waals surface area (Å²) < 4.78 is 27.4. The Morgan fingerprint density at radius 1 is 1.50 bits per heavy atom. The summed E-state index contributed by atoms with van der Waals surface area (Å²) in [5.41, 5.74) is 0. The minimum absolute atomic E-state index is 0.218. The van der Waals surface area contributed by atoms with E-state index in [1.807, 2.05) is 0 Å². The fraction of sp³-hybridized carbons (Fsp3) is 1.00. The van der Waals surface area contributed by atoms with Crippen LogP contribution in [0.3, 0.4) is 0 Å². The average molecular weight is 180 g/mol. The van der Waals surface area contributed by atoms with Gasteiger partial charge in [-0.25, -0.2) is 4.39 Å². The van der Waals surface area contributed by atoms with Crippen LogP contribution in [0.2, 0.25) is 0 Å². The first-order valence-electron chi connectivity index (χ1n) is 3.70. The maximum atomic E-state index is 13.0. The summed E-state index contributed by atoms with van der Waals surface area (Å²) in [5.74, 6) is 0. The van der Waals surface area contributed by atoms with Gasteiger partial charge in [0.05, 0.1) is 6.61 Å². The molecule has 0 amide bonds. The summed E-state index contributed by atoms with van der Waals surface area (Å²) in [4.78, 5) is 0. The van der Waals surface area contributed by atoms with Gasteiger partial charge in [-0.3, -0.25) is 0 Å². The Labute approximate surface area is 70.2 Å². The highest BCUT2D eigenvalue weighted by Crippen LogP contribution is 2.24. The maximum absolute atomic E-state index is 13.0. The van der Waals surface area contributed by atoms with Gasteiger partial charge in [0.1, 0.15) is 12.2 Å². The molecular formula is C7H13FO4. The van der Waals surface area contributed by atoms with E-state index in [0.29, 0.717) is 0 Å². The van der Waals surface area contributed by atoms with E-state index >= 15 is 0 Å². The number of methoxy groups -OCH3 is 2. The van der Waals surface area contributed by atoms with Crippen molar-refractivity contribution in [1.82, 2.24) is 0 Å². The summed E-state index contributed by atoms with van der Waals surface area (Å²) in [5, 5.41) is 8.96.